The predicted molar refractivity (Wildman–Crippen MR) is 96.9 cm³/mol. The summed E-state index contributed by atoms with van der Waals surface area (Å²) in [5, 5.41) is 0.675. The van der Waals surface area contributed by atoms with E-state index in [-0.39, 0.29) is 20.1 Å². The number of hydrogen-bond donors (Lipinski definition) is 0. The van der Waals surface area contributed by atoms with Crippen LogP contribution >= 0.6 is 63.7 Å². The van der Waals surface area contributed by atoms with Gasteiger partial charge in [0.1, 0.15) is 11.6 Å². The first-order valence-corrected chi connectivity index (χ1v) is 9.85. The highest BCUT2D eigenvalue weighted by molar-refractivity contribution is 9.11. The van der Waals surface area contributed by atoms with E-state index in [9.17, 15) is 13.6 Å². The Labute approximate surface area is 160 Å². The lowest BCUT2D eigenvalue weighted by molar-refractivity contribution is 0.103. The van der Waals surface area contributed by atoms with Gasteiger partial charge < -0.3 is 0 Å². The fourth-order valence-corrected chi connectivity index (χ4v) is 3.88. The molecular formula is C15H8Br4F2O. The van der Waals surface area contributed by atoms with Crippen molar-refractivity contribution in [2.75, 3.05) is 0 Å². The summed E-state index contributed by atoms with van der Waals surface area (Å²) >= 11 is 12.6. The van der Waals surface area contributed by atoms with Crippen molar-refractivity contribution in [1.82, 2.24) is 0 Å². The van der Waals surface area contributed by atoms with Crippen LogP contribution in [0.5, 0.6) is 0 Å². The molecular weight excluding hydrogens is 554 g/mol. The van der Waals surface area contributed by atoms with E-state index in [1.54, 1.807) is 0 Å². The zero-order chi connectivity index (χ0) is 16.4. The Balaban J connectivity index is 2.54. The molecule has 0 atom stereocenters. The van der Waals surface area contributed by atoms with E-state index in [0.717, 1.165) is 0 Å². The van der Waals surface area contributed by atoms with Gasteiger partial charge in [-0.2, -0.15) is 0 Å². The zero-order valence-corrected chi connectivity index (χ0v) is 17.2. The molecule has 0 saturated carbocycles. The van der Waals surface area contributed by atoms with Crippen LogP contribution in [0.4, 0.5) is 8.78 Å². The van der Waals surface area contributed by atoms with Crippen LogP contribution in [-0.4, -0.2) is 5.78 Å². The Hall–Kier alpha value is -0.110. The SMILES string of the molecule is O=C(c1ccc(CBr)c(F)c1Br)c1ccc(CBr)c(F)c1Br. The molecule has 0 radical (unpaired) electrons. The van der Waals surface area contributed by atoms with E-state index < -0.39 is 17.4 Å². The van der Waals surface area contributed by atoms with Crippen molar-refractivity contribution < 1.29 is 13.6 Å². The molecule has 0 unspecified atom stereocenters. The van der Waals surface area contributed by atoms with Crippen LogP contribution in [0.1, 0.15) is 27.0 Å². The third-order valence-corrected chi connectivity index (χ3v) is 5.86. The van der Waals surface area contributed by atoms with Crippen LogP contribution in [0.15, 0.2) is 33.2 Å². The highest BCUT2D eigenvalue weighted by atomic mass is 79.9. The van der Waals surface area contributed by atoms with E-state index in [1.165, 1.54) is 24.3 Å². The van der Waals surface area contributed by atoms with Gasteiger partial charge in [-0.1, -0.05) is 44.0 Å². The van der Waals surface area contributed by atoms with Crippen LogP contribution < -0.4 is 0 Å². The Morgan fingerprint density at radius 3 is 1.50 bits per heavy atom. The average molecular weight is 562 g/mol. The summed E-state index contributed by atoms with van der Waals surface area (Å²) in [6.45, 7) is 0. The summed E-state index contributed by atoms with van der Waals surface area (Å²) in [7, 11) is 0. The minimum absolute atomic E-state index is 0.0753. The number of carbonyl (C=O) groups excluding carboxylic acids is 1. The maximum atomic E-state index is 14.1. The molecule has 0 aromatic heterocycles. The van der Waals surface area contributed by atoms with Gasteiger partial charge in [-0.05, 0) is 55.1 Å². The summed E-state index contributed by atoms with van der Waals surface area (Å²) < 4.78 is 28.4. The number of hydrogen-bond acceptors (Lipinski definition) is 1. The minimum atomic E-state index is -0.503. The van der Waals surface area contributed by atoms with Crippen molar-refractivity contribution in [2.24, 2.45) is 0 Å². The van der Waals surface area contributed by atoms with Crippen LogP contribution in [0.25, 0.3) is 0 Å². The molecule has 2 aromatic rings. The molecule has 2 aromatic carbocycles. The van der Waals surface area contributed by atoms with Crippen molar-refractivity contribution in [3.63, 3.8) is 0 Å². The molecule has 0 aliphatic rings. The van der Waals surface area contributed by atoms with Crippen molar-refractivity contribution in [3.8, 4) is 0 Å². The summed E-state index contributed by atoms with van der Waals surface area (Å²) in [6, 6.07) is 6.10. The molecule has 7 heteroatoms. The number of alkyl halides is 2. The van der Waals surface area contributed by atoms with Gasteiger partial charge in [-0.15, -0.1) is 0 Å². The summed E-state index contributed by atoms with van der Waals surface area (Å²) in [6.07, 6.45) is 0. The van der Waals surface area contributed by atoms with Gasteiger partial charge in [0.15, 0.2) is 5.78 Å². The highest BCUT2D eigenvalue weighted by Gasteiger charge is 2.21. The number of ketones is 1. The number of benzene rings is 2. The molecule has 0 bridgehead atoms. The van der Waals surface area contributed by atoms with Gasteiger partial charge in [-0.25, -0.2) is 8.78 Å². The second-order valence-electron chi connectivity index (χ2n) is 4.40. The fourth-order valence-electron chi connectivity index (χ4n) is 1.88. The molecule has 0 amide bonds. The van der Waals surface area contributed by atoms with Crippen LogP contribution in [0.2, 0.25) is 0 Å². The number of rotatable bonds is 4. The first-order chi connectivity index (χ1) is 10.4. The van der Waals surface area contributed by atoms with Crippen molar-refractivity contribution in [2.45, 2.75) is 10.7 Å². The molecule has 1 nitrogen and oxygen atoms in total. The lowest BCUT2D eigenvalue weighted by atomic mass is 10.0. The summed E-state index contributed by atoms with van der Waals surface area (Å²) in [5.74, 6) is -1.47. The average Bonchev–Trinajstić information content (AvgIpc) is 2.52. The molecule has 0 aliphatic carbocycles. The van der Waals surface area contributed by atoms with Gasteiger partial charge in [0, 0.05) is 21.8 Å². The largest absolute Gasteiger partial charge is 0.289 e. The van der Waals surface area contributed by atoms with Crippen molar-refractivity contribution in [3.05, 3.63) is 67.1 Å². The van der Waals surface area contributed by atoms with Gasteiger partial charge in [-0.3, -0.25) is 4.79 Å². The summed E-state index contributed by atoms with van der Waals surface area (Å²) in [5.41, 5.74) is 1.16. The van der Waals surface area contributed by atoms with Gasteiger partial charge in [0.05, 0.1) is 8.95 Å². The Bertz CT molecular complexity index is 685. The quantitative estimate of drug-likeness (QED) is 0.307. The molecule has 0 heterocycles. The maximum Gasteiger partial charge on any atom is 0.195 e. The minimum Gasteiger partial charge on any atom is -0.289 e. The van der Waals surface area contributed by atoms with Crippen molar-refractivity contribution in [1.29, 1.82) is 0 Å². The summed E-state index contributed by atoms with van der Waals surface area (Å²) in [4.78, 5) is 12.6. The lowest BCUT2D eigenvalue weighted by Gasteiger charge is -2.10. The molecule has 0 N–H and O–H groups in total. The van der Waals surface area contributed by atoms with E-state index in [2.05, 4.69) is 63.7 Å². The number of halogens is 6. The van der Waals surface area contributed by atoms with Crippen LogP contribution in [0.3, 0.4) is 0 Å². The van der Waals surface area contributed by atoms with Gasteiger partial charge in [0.25, 0.3) is 0 Å². The van der Waals surface area contributed by atoms with Gasteiger partial charge in [0.2, 0.25) is 0 Å². The first kappa shape index (κ1) is 18.2. The standard InChI is InChI=1S/C15H8Br4F2O/c16-5-7-1-3-9(11(18)13(7)20)15(22)10-4-2-8(6-17)14(21)12(10)19/h1-4H,5-6H2. The van der Waals surface area contributed by atoms with Crippen LogP contribution in [0, 0.1) is 11.6 Å². The Morgan fingerprint density at radius 1 is 0.818 bits per heavy atom. The smallest absolute Gasteiger partial charge is 0.195 e. The lowest BCUT2D eigenvalue weighted by Crippen LogP contribution is -2.07. The van der Waals surface area contributed by atoms with E-state index in [0.29, 0.717) is 21.8 Å². The monoisotopic (exact) mass is 558 g/mol. The van der Waals surface area contributed by atoms with E-state index in [1.807, 2.05) is 0 Å². The normalized spacial score (nSPS) is 10.8. The van der Waals surface area contributed by atoms with Gasteiger partial charge >= 0.3 is 0 Å². The molecule has 2 rings (SSSR count). The highest BCUT2D eigenvalue weighted by Crippen LogP contribution is 2.31. The Kier molecular flexibility index (Phi) is 6.33. The molecule has 0 saturated heterocycles. The third kappa shape index (κ3) is 3.37. The first-order valence-electron chi connectivity index (χ1n) is 6.02. The van der Waals surface area contributed by atoms with Crippen LogP contribution in [-0.2, 0) is 10.7 Å². The molecule has 116 valence electrons. The third-order valence-electron chi connectivity index (χ3n) is 3.10. The predicted octanol–water partition coefficient (Wildman–Crippen LogP) is 6.51. The molecule has 22 heavy (non-hydrogen) atoms. The molecule has 0 fully saturated rings. The zero-order valence-electron chi connectivity index (χ0n) is 10.9. The maximum absolute atomic E-state index is 14.1. The van der Waals surface area contributed by atoms with E-state index >= 15 is 0 Å². The second kappa shape index (κ2) is 7.64. The fraction of sp³-hybridized carbons (Fsp3) is 0.133. The van der Waals surface area contributed by atoms with Crippen molar-refractivity contribution >= 4 is 69.5 Å². The second-order valence-corrected chi connectivity index (χ2v) is 7.10. The molecule has 0 spiro atoms. The topological polar surface area (TPSA) is 17.1 Å². The Morgan fingerprint density at radius 2 is 1.18 bits per heavy atom. The molecule has 0 aliphatic heterocycles. The number of carbonyl (C=O) groups is 1. The van der Waals surface area contributed by atoms with E-state index in [4.69, 9.17) is 0 Å².